The van der Waals surface area contributed by atoms with Gasteiger partial charge in [-0.25, -0.2) is 23.4 Å². The lowest BCUT2D eigenvalue weighted by molar-refractivity contribution is 0.445. The highest BCUT2D eigenvalue weighted by atomic mass is 32.2. The number of para-hydroxylation sites is 1. The fourth-order valence-corrected chi connectivity index (χ4v) is 5.56. The molecule has 0 unspecified atom stereocenters. The Balaban J connectivity index is 1.60. The van der Waals surface area contributed by atoms with Crippen LogP contribution in [0.5, 0.6) is 0 Å². The summed E-state index contributed by atoms with van der Waals surface area (Å²) in [5, 5.41) is 1.89. The zero-order valence-electron chi connectivity index (χ0n) is 16.2. The van der Waals surface area contributed by atoms with Crippen molar-refractivity contribution in [3.8, 4) is 0 Å². The van der Waals surface area contributed by atoms with Gasteiger partial charge in [-0.15, -0.1) is 0 Å². The molecule has 0 radical (unpaired) electrons. The largest absolute Gasteiger partial charge is 0.341 e. The monoisotopic (exact) mass is 427 g/mol. The summed E-state index contributed by atoms with van der Waals surface area (Å²) in [6.07, 6.45) is 1.56. The van der Waals surface area contributed by atoms with E-state index >= 15 is 0 Å². The maximum atomic E-state index is 12.8. The van der Waals surface area contributed by atoms with Gasteiger partial charge in [0.1, 0.15) is 17.2 Å². The highest BCUT2D eigenvalue weighted by Crippen LogP contribution is 2.28. The standard InChI is InChI=1S/C20H21N5O2S2/c1-3-25(4-2)29(26,27)14-9-10-17-18(11-14)24-19(23-17)12-28-20-15-7-5-6-8-16(15)21-13-22-20/h5-11,13H,3-4,12H2,1-2H3,(H,23,24). The predicted octanol–water partition coefficient (Wildman–Crippen LogP) is 3.83. The van der Waals surface area contributed by atoms with Crippen molar-refractivity contribution in [2.24, 2.45) is 0 Å². The van der Waals surface area contributed by atoms with Crippen LogP contribution in [-0.4, -0.2) is 45.7 Å². The van der Waals surface area contributed by atoms with Gasteiger partial charge in [0.05, 0.1) is 27.2 Å². The van der Waals surface area contributed by atoms with E-state index in [1.54, 1.807) is 36.3 Å². The molecule has 2 aromatic heterocycles. The van der Waals surface area contributed by atoms with Crippen LogP contribution < -0.4 is 0 Å². The van der Waals surface area contributed by atoms with Gasteiger partial charge >= 0.3 is 0 Å². The lowest BCUT2D eigenvalue weighted by Crippen LogP contribution is -2.30. The van der Waals surface area contributed by atoms with Crippen molar-refractivity contribution in [2.75, 3.05) is 13.1 Å². The first-order chi connectivity index (χ1) is 14.0. The van der Waals surface area contributed by atoms with Gasteiger partial charge in [-0.3, -0.25) is 0 Å². The van der Waals surface area contributed by atoms with E-state index in [0.29, 0.717) is 24.4 Å². The van der Waals surface area contributed by atoms with E-state index in [-0.39, 0.29) is 4.90 Å². The second-order valence-electron chi connectivity index (χ2n) is 6.44. The Morgan fingerprint density at radius 1 is 1.03 bits per heavy atom. The van der Waals surface area contributed by atoms with Crippen LogP contribution in [0.25, 0.3) is 21.9 Å². The van der Waals surface area contributed by atoms with E-state index in [9.17, 15) is 8.42 Å². The highest BCUT2D eigenvalue weighted by Gasteiger charge is 2.22. The SMILES string of the molecule is CCN(CC)S(=O)(=O)c1ccc2nc(CSc3ncnc4ccccc34)[nH]c2c1. The Kier molecular flexibility index (Phi) is 5.53. The molecule has 2 heterocycles. The average Bonchev–Trinajstić information content (AvgIpc) is 3.15. The molecule has 0 aliphatic rings. The fraction of sp³-hybridized carbons (Fsp3) is 0.250. The van der Waals surface area contributed by atoms with Crippen LogP contribution >= 0.6 is 11.8 Å². The number of nitrogens with one attached hydrogen (secondary N) is 1. The Morgan fingerprint density at radius 3 is 2.62 bits per heavy atom. The number of nitrogens with zero attached hydrogens (tertiary/aromatic N) is 4. The topological polar surface area (TPSA) is 91.8 Å². The number of thioether (sulfide) groups is 1. The summed E-state index contributed by atoms with van der Waals surface area (Å²) in [7, 11) is -3.50. The number of H-pyrrole nitrogens is 1. The molecular formula is C20H21N5O2S2. The third kappa shape index (κ3) is 3.85. The molecule has 4 aromatic rings. The molecule has 0 spiro atoms. The van der Waals surface area contributed by atoms with Crippen molar-refractivity contribution in [3.05, 3.63) is 54.6 Å². The first-order valence-corrected chi connectivity index (χ1v) is 11.8. The van der Waals surface area contributed by atoms with E-state index in [1.807, 2.05) is 38.1 Å². The third-order valence-corrected chi connectivity index (χ3v) is 7.76. The molecule has 1 N–H and O–H groups in total. The Morgan fingerprint density at radius 2 is 1.83 bits per heavy atom. The van der Waals surface area contributed by atoms with Crippen molar-refractivity contribution in [2.45, 2.75) is 29.5 Å². The van der Waals surface area contributed by atoms with Gasteiger partial charge in [0.2, 0.25) is 10.0 Å². The fourth-order valence-electron chi connectivity index (χ4n) is 3.21. The van der Waals surface area contributed by atoms with Gasteiger partial charge in [-0.2, -0.15) is 4.31 Å². The van der Waals surface area contributed by atoms with Crippen LogP contribution in [0.2, 0.25) is 0 Å². The number of rotatable bonds is 7. The van der Waals surface area contributed by atoms with Crippen LogP contribution in [0.4, 0.5) is 0 Å². The molecule has 0 bridgehead atoms. The molecular weight excluding hydrogens is 406 g/mol. The summed E-state index contributed by atoms with van der Waals surface area (Å²) in [6.45, 7) is 4.55. The number of aromatic nitrogens is 4. The smallest absolute Gasteiger partial charge is 0.243 e. The maximum Gasteiger partial charge on any atom is 0.243 e. The Hall–Kier alpha value is -2.49. The molecule has 2 aromatic carbocycles. The van der Waals surface area contributed by atoms with E-state index < -0.39 is 10.0 Å². The van der Waals surface area contributed by atoms with Gasteiger partial charge in [0.15, 0.2) is 0 Å². The van der Waals surface area contributed by atoms with Crippen molar-refractivity contribution in [3.63, 3.8) is 0 Å². The number of aromatic amines is 1. The Labute approximate surface area is 173 Å². The molecule has 0 saturated carbocycles. The zero-order valence-corrected chi connectivity index (χ0v) is 17.8. The summed E-state index contributed by atoms with van der Waals surface area (Å²) >= 11 is 1.57. The minimum absolute atomic E-state index is 0.276. The minimum Gasteiger partial charge on any atom is -0.341 e. The molecule has 0 saturated heterocycles. The number of sulfonamides is 1. The Bertz CT molecular complexity index is 1260. The van der Waals surface area contributed by atoms with E-state index in [0.717, 1.165) is 27.3 Å². The predicted molar refractivity (Wildman–Crippen MR) is 115 cm³/mol. The molecule has 0 amide bonds. The first kappa shape index (κ1) is 19.8. The molecule has 150 valence electrons. The van der Waals surface area contributed by atoms with Gasteiger partial charge in [0.25, 0.3) is 0 Å². The lowest BCUT2D eigenvalue weighted by atomic mass is 10.2. The summed E-state index contributed by atoms with van der Waals surface area (Å²) in [6, 6.07) is 12.9. The van der Waals surface area contributed by atoms with Crippen LogP contribution in [0, 0.1) is 0 Å². The van der Waals surface area contributed by atoms with Gasteiger partial charge in [0, 0.05) is 18.5 Å². The summed E-state index contributed by atoms with van der Waals surface area (Å²) in [4.78, 5) is 16.8. The average molecular weight is 428 g/mol. The normalized spacial score (nSPS) is 12.2. The molecule has 7 nitrogen and oxygen atoms in total. The minimum atomic E-state index is -3.50. The molecule has 0 aliphatic carbocycles. The van der Waals surface area contributed by atoms with Crippen molar-refractivity contribution < 1.29 is 8.42 Å². The number of benzene rings is 2. The number of fused-ring (bicyclic) bond motifs is 2. The molecule has 0 fully saturated rings. The molecule has 4 rings (SSSR count). The van der Waals surface area contributed by atoms with Crippen LogP contribution in [0.1, 0.15) is 19.7 Å². The summed E-state index contributed by atoms with van der Waals surface area (Å²) < 4.78 is 27.0. The second kappa shape index (κ2) is 8.10. The third-order valence-electron chi connectivity index (χ3n) is 4.70. The maximum absolute atomic E-state index is 12.8. The van der Waals surface area contributed by atoms with Crippen molar-refractivity contribution in [1.29, 1.82) is 0 Å². The zero-order chi connectivity index (χ0) is 20.4. The van der Waals surface area contributed by atoms with Gasteiger partial charge < -0.3 is 4.98 Å². The first-order valence-electron chi connectivity index (χ1n) is 9.34. The van der Waals surface area contributed by atoms with E-state index in [2.05, 4.69) is 19.9 Å². The quantitative estimate of drug-likeness (QED) is 0.356. The van der Waals surface area contributed by atoms with Crippen LogP contribution in [0.3, 0.4) is 0 Å². The number of hydrogen-bond donors (Lipinski definition) is 1. The molecule has 0 aliphatic heterocycles. The summed E-state index contributed by atoms with van der Waals surface area (Å²) in [5.74, 6) is 1.36. The van der Waals surface area contributed by atoms with E-state index in [1.165, 1.54) is 4.31 Å². The van der Waals surface area contributed by atoms with Crippen LogP contribution in [-0.2, 0) is 15.8 Å². The van der Waals surface area contributed by atoms with E-state index in [4.69, 9.17) is 0 Å². The number of hydrogen-bond acceptors (Lipinski definition) is 6. The summed E-state index contributed by atoms with van der Waals surface area (Å²) in [5.41, 5.74) is 2.36. The molecule has 29 heavy (non-hydrogen) atoms. The molecule has 0 atom stereocenters. The van der Waals surface area contributed by atoms with Crippen molar-refractivity contribution >= 4 is 43.7 Å². The lowest BCUT2D eigenvalue weighted by Gasteiger charge is -2.18. The highest BCUT2D eigenvalue weighted by molar-refractivity contribution is 7.98. The van der Waals surface area contributed by atoms with Crippen LogP contribution in [0.15, 0.2) is 58.7 Å². The molecule has 9 heteroatoms. The van der Waals surface area contributed by atoms with Gasteiger partial charge in [-0.05, 0) is 24.3 Å². The van der Waals surface area contributed by atoms with Crippen molar-refractivity contribution in [1.82, 2.24) is 24.2 Å². The van der Waals surface area contributed by atoms with Gasteiger partial charge in [-0.1, -0.05) is 43.8 Å². The number of imidazole rings is 1. The second-order valence-corrected chi connectivity index (χ2v) is 9.34.